The molecule has 1 unspecified atom stereocenters. The van der Waals surface area contributed by atoms with Gasteiger partial charge in [0.15, 0.2) is 5.96 Å². The molecular weight excluding hydrogens is 453 g/mol. The van der Waals surface area contributed by atoms with Gasteiger partial charge in [0.05, 0.1) is 6.54 Å². The molecule has 0 spiro atoms. The third kappa shape index (κ3) is 6.30. The zero-order valence-electron chi connectivity index (χ0n) is 17.1. The fraction of sp³-hybridized carbons (Fsp3) is 0.842. The van der Waals surface area contributed by atoms with Crippen LogP contribution in [-0.4, -0.2) is 70.3 Å². The number of hydrogen-bond donors (Lipinski definition) is 1. The smallest absolute Gasteiger partial charge is 0.193 e. The number of hydrogen-bond acceptors (Lipinski definition) is 4. The molecule has 0 bridgehead atoms. The molecule has 1 aromatic heterocycles. The standard InChI is InChI=1S/C19H35N7.HI/c1-20-19(24(2)14-18-22-15-23-25(18)3)21-12-17-10-7-11-26(17)13-16-8-5-4-6-9-16;/h15-17H,4-14H2,1-3H3,(H,20,21);1H. The van der Waals surface area contributed by atoms with Crippen LogP contribution < -0.4 is 5.32 Å². The minimum atomic E-state index is 0. The van der Waals surface area contributed by atoms with Gasteiger partial charge in [0.25, 0.3) is 0 Å². The third-order valence-corrected chi connectivity index (χ3v) is 5.97. The number of nitrogens with zero attached hydrogens (tertiary/aromatic N) is 6. The zero-order valence-corrected chi connectivity index (χ0v) is 19.4. The van der Waals surface area contributed by atoms with Gasteiger partial charge in [-0.05, 0) is 38.1 Å². The Bertz CT molecular complexity index is 582. The molecule has 0 aromatic carbocycles. The Morgan fingerprint density at radius 1 is 1.26 bits per heavy atom. The predicted octanol–water partition coefficient (Wildman–Crippen LogP) is 2.48. The van der Waals surface area contributed by atoms with Crippen molar-refractivity contribution in [3.63, 3.8) is 0 Å². The average molecular weight is 489 g/mol. The third-order valence-electron chi connectivity index (χ3n) is 5.97. The number of aromatic nitrogens is 3. The number of guanidine groups is 1. The minimum Gasteiger partial charge on any atom is -0.355 e. The van der Waals surface area contributed by atoms with Gasteiger partial charge in [0.1, 0.15) is 12.2 Å². The van der Waals surface area contributed by atoms with E-state index < -0.39 is 0 Å². The van der Waals surface area contributed by atoms with E-state index in [0.29, 0.717) is 12.6 Å². The van der Waals surface area contributed by atoms with Gasteiger partial charge in [-0.15, -0.1) is 24.0 Å². The highest BCUT2D eigenvalue weighted by Crippen LogP contribution is 2.27. The molecule has 2 aliphatic rings. The van der Waals surface area contributed by atoms with Gasteiger partial charge in [-0.3, -0.25) is 14.6 Å². The fourth-order valence-electron chi connectivity index (χ4n) is 4.41. The molecule has 2 fully saturated rings. The maximum Gasteiger partial charge on any atom is 0.193 e. The van der Waals surface area contributed by atoms with Gasteiger partial charge in [-0.25, -0.2) is 4.98 Å². The Kier molecular flexibility index (Phi) is 9.28. The van der Waals surface area contributed by atoms with Gasteiger partial charge < -0.3 is 10.2 Å². The SMILES string of the molecule is CN=C(NCC1CCCN1CC1CCCCC1)N(C)Cc1ncnn1C.I. The Morgan fingerprint density at radius 2 is 2.04 bits per heavy atom. The van der Waals surface area contributed by atoms with E-state index in [1.807, 2.05) is 18.8 Å². The molecule has 2 heterocycles. The van der Waals surface area contributed by atoms with E-state index in [2.05, 4.69) is 37.2 Å². The number of aliphatic imine (C=N–C) groups is 1. The van der Waals surface area contributed by atoms with Crippen molar-refractivity contribution in [3.05, 3.63) is 12.2 Å². The molecule has 0 amide bonds. The summed E-state index contributed by atoms with van der Waals surface area (Å²) in [5.74, 6) is 2.79. The normalized spacial score (nSPS) is 21.9. The summed E-state index contributed by atoms with van der Waals surface area (Å²) in [5, 5.41) is 7.73. The van der Waals surface area contributed by atoms with Gasteiger partial charge in [0, 0.05) is 40.3 Å². The van der Waals surface area contributed by atoms with Crippen LogP contribution in [0.5, 0.6) is 0 Å². The number of aryl methyl sites for hydroxylation is 1. The minimum absolute atomic E-state index is 0. The van der Waals surface area contributed by atoms with Crippen LogP contribution >= 0.6 is 24.0 Å². The molecule has 1 atom stereocenters. The lowest BCUT2D eigenvalue weighted by molar-refractivity contribution is 0.187. The lowest BCUT2D eigenvalue weighted by Crippen LogP contribution is -2.46. The fourth-order valence-corrected chi connectivity index (χ4v) is 4.41. The zero-order chi connectivity index (χ0) is 18.4. The average Bonchev–Trinajstić information content (AvgIpc) is 3.26. The summed E-state index contributed by atoms with van der Waals surface area (Å²) in [5.41, 5.74) is 0. The van der Waals surface area contributed by atoms with Crippen molar-refractivity contribution < 1.29 is 0 Å². The summed E-state index contributed by atoms with van der Waals surface area (Å²) >= 11 is 0. The second-order valence-corrected chi connectivity index (χ2v) is 7.88. The Morgan fingerprint density at radius 3 is 2.70 bits per heavy atom. The van der Waals surface area contributed by atoms with Crippen molar-refractivity contribution in [1.29, 1.82) is 0 Å². The van der Waals surface area contributed by atoms with Gasteiger partial charge in [0.2, 0.25) is 0 Å². The van der Waals surface area contributed by atoms with Crippen LogP contribution in [-0.2, 0) is 13.6 Å². The number of nitrogens with one attached hydrogen (secondary N) is 1. The van der Waals surface area contributed by atoms with Crippen LogP contribution in [0.2, 0.25) is 0 Å². The first kappa shape index (κ1) is 22.4. The molecule has 0 radical (unpaired) electrons. The van der Waals surface area contributed by atoms with Crippen molar-refractivity contribution >= 4 is 29.9 Å². The Balaban J connectivity index is 0.00000261. The lowest BCUT2D eigenvalue weighted by Gasteiger charge is -2.32. The summed E-state index contributed by atoms with van der Waals surface area (Å²) < 4.78 is 1.81. The highest BCUT2D eigenvalue weighted by Gasteiger charge is 2.27. The summed E-state index contributed by atoms with van der Waals surface area (Å²) in [6.45, 7) is 4.23. The maximum atomic E-state index is 4.46. The Hall–Kier alpha value is -0.900. The Labute approximate surface area is 181 Å². The van der Waals surface area contributed by atoms with Crippen molar-refractivity contribution in [2.45, 2.75) is 57.5 Å². The molecule has 1 saturated heterocycles. The van der Waals surface area contributed by atoms with E-state index in [1.54, 1.807) is 6.33 Å². The van der Waals surface area contributed by atoms with E-state index in [-0.39, 0.29) is 24.0 Å². The van der Waals surface area contributed by atoms with Crippen LogP contribution in [0.1, 0.15) is 50.8 Å². The predicted molar refractivity (Wildman–Crippen MR) is 120 cm³/mol. The summed E-state index contributed by atoms with van der Waals surface area (Å²) in [4.78, 5) is 13.6. The van der Waals surface area contributed by atoms with E-state index in [9.17, 15) is 0 Å². The number of likely N-dealkylation sites (tertiary alicyclic amines) is 1. The van der Waals surface area contributed by atoms with Crippen molar-refractivity contribution in [2.24, 2.45) is 18.0 Å². The van der Waals surface area contributed by atoms with Crippen LogP contribution in [0.15, 0.2) is 11.3 Å². The van der Waals surface area contributed by atoms with Gasteiger partial charge in [-0.1, -0.05) is 19.3 Å². The molecule has 154 valence electrons. The van der Waals surface area contributed by atoms with E-state index in [4.69, 9.17) is 0 Å². The molecule has 7 nitrogen and oxygen atoms in total. The molecule has 1 aromatic rings. The van der Waals surface area contributed by atoms with Crippen molar-refractivity contribution in [1.82, 2.24) is 29.9 Å². The summed E-state index contributed by atoms with van der Waals surface area (Å²) in [6.07, 6.45) is 11.4. The number of halogens is 1. The largest absolute Gasteiger partial charge is 0.355 e. The van der Waals surface area contributed by atoms with Gasteiger partial charge >= 0.3 is 0 Å². The maximum absolute atomic E-state index is 4.46. The first-order chi connectivity index (χ1) is 12.7. The molecule has 1 N–H and O–H groups in total. The first-order valence-corrected chi connectivity index (χ1v) is 10.2. The second-order valence-electron chi connectivity index (χ2n) is 7.88. The molecule has 8 heteroatoms. The van der Waals surface area contributed by atoms with Crippen molar-refractivity contribution in [2.75, 3.05) is 33.7 Å². The molecule has 3 rings (SSSR count). The molecule has 1 saturated carbocycles. The van der Waals surface area contributed by atoms with E-state index >= 15 is 0 Å². The monoisotopic (exact) mass is 489 g/mol. The highest BCUT2D eigenvalue weighted by atomic mass is 127. The molecular formula is C19H36IN7. The quantitative estimate of drug-likeness (QED) is 0.378. The van der Waals surface area contributed by atoms with E-state index in [1.165, 1.54) is 58.0 Å². The topological polar surface area (TPSA) is 61.6 Å². The van der Waals surface area contributed by atoms with Crippen molar-refractivity contribution in [3.8, 4) is 0 Å². The molecule has 1 aliphatic carbocycles. The van der Waals surface area contributed by atoms with E-state index in [0.717, 1.165) is 24.2 Å². The lowest BCUT2D eigenvalue weighted by atomic mass is 9.89. The molecule has 1 aliphatic heterocycles. The van der Waals surface area contributed by atoms with Crippen LogP contribution in [0.3, 0.4) is 0 Å². The van der Waals surface area contributed by atoms with Crippen LogP contribution in [0.4, 0.5) is 0 Å². The summed E-state index contributed by atoms with van der Waals surface area (Å²) in [7, 11) is 5.83. The highest BCUT2D eigenvalue weighted by molar-refractivity contribution is 14.0. The van der Waals surface area contributed by atoms with Crippen LogP contribution in [0.25, 0.3) is 0 Å². The number of rotatable bonds is 6. The summed E-state index contributed by atoms with van der Waals surface area (Å²) in [6, 6.07) is 0.636. The van der Waals surface area contributed by atoms with Gasteiger partial charge in [-0.2, -0.15) is 5.10 Å². The molecule has 27 heavy (non-hydrogen) atoms. The first-order valence-electron chi connectivity index (χ1n) is 10.2. The van der Waals surface area contributed by atoms with Crippen LogP contribution in [0, 0.1) is 5.92 Å². The second kappa shape index (κ2) is 11.2.